The number of hydrogen-bond acceptors (Lipinski definition) is 2. The molecule has 0 aliphatic heterocycles. The molecule has 0 saturated heterocycles. The van der Waals surface area contributed by atoms with Crippen LogP contribution >= 0.6 is 0 Å². The average Bonchev–Trinajstić information content (AvgIpc) is 2.67. The van der Waals surface area contributed by atoms with Gasteiger partial charge in [-0.1, -0.05) is 26.8 Å². The van der Waals surface area contributed by atoms with Gasteiger partial charge in [-0.25, -0.2) is 4.98 Å². The van der Waals surface area contributed by atoms with Gasteiger partial charge in [0.15, 0.2) is 0 Å². The molecule has 1 aromatic carbocycles. The molecule has 1 aromatic heterocycles. The van der Waals surface area contributed by atoms with Crippen LogP contribution in [0.5, 0.6) is 0 Å². The Labute approximate surface area is 109 Å². The van der Waals surface area contributed by atoms with E-state index in [2.05, 4.69) is 55.9 Å². The summed E-state index contributed by atoms with van der Waals surface area (Å²) in [4.78, 5) is 8.09. The van der Waals surface area contributed by atoms with Gasteiger partial charge in [0.25, 0.3) is 0 Å². The van der Waals surface area contributed by atoms with Crippen molar-refractivity contribution in [1.29, 1.82) is 0 Å². The number of rotatable bonds is 3. The fourth-order valence-corrected chi connectivity index (χ4v) is 2.37. The Hall–Kier alpha value is -1.35. The third kappa shape index (κ3) is 2.91. The van der Waals surface area contributed by atoms with Gasteiger partial charge in [0.2, 0.25) is 0 Å². The van der Waals surface area contributed by atoms with Gasteiger partial charge in [-0.15, -0.1) is 0 Å². The topological polar surface area (TPSA) is 54.7 Å². The zero-order valence-electron chi connectivity index (χ0n) is 11.7. The zero-order chi connectivity index (χ0) is 13.3. The monoisotopic (exact) mass is 245 g/mol. The van der Waals surface area contributed by atoms with Crippen molar-refractivity contribution in [1.82, 2.24) is 9.97 Å². The van der Waals surface area contributed by atoms with E-state index in [4.69, 9.17) is 5.73 Å². The molecule has 1 unspecified atom stereocenters. The van der Waals surface area contributed by atoms with Gasteiger partial charge in [-0.05, 0) is 36.5 Å². The van der Waals surface area contributed by atoms with E-state index in [1.54, 1.807) is 0 Å². The van der Waals surface area contributed by atoms with Gasteiger partial charge in [-0.2, -0.15) is 0 Å². The molecular weight excluding hydrogens is 222 g/mol. The molecule has 0 amide bonds. The van der Waals surface area contributed by atoms with Gasteiger partial charge < -0.3 is 10.7 Å². The van der Waals surface area contributed by atoms with Gasteiger partial charge in [0, 0.05) is 12.5 Å². The minimum Gasteiger partial charge on any atom is -0.342 e. The van der Waals surface area contributed by atoms with Crippen LogP contribution in [-0.4, -0.2) is 16.5 Å². The van der Waals surface area contributed by atoms with Crippen LogP contribution in [0.1, 0.15) is 44.5 Å². The lowest BCUT2D eigenvalue weighted by Crippen LogP contribution is -2.20. The number of hydrogen-bond donors (Lipinski definition) is 2. The number of aromatic nitrogens is 2. The van der Waals surface area contributed by atoms with E-state index in [1.165, 1.54) is 5.56 Å². The number of nitrogens with one attached hydrogen (secondary N) is 1. The summed E-state index contributed by atoms with van der Waals surface area (Å²) in [5, 5.41) is 0. The first-order valence-corrected chi connectivity index (χ1v) is 6.55. The molecule has 0 spiro atoms. The second-order valence-electron chi connectivity index (χ2n) is 6.34. The van der Waals surface area contributed by atoms with Gasteiger partial charge in [-0.3, -0.25) is 0 Å². The van der Waals surface area contributed by atoms with E-state index >= 15 is 0 Å². The van der Waals surface area contributed by atoms with Gasteiger partial charge in [0.1, 0.15) is 5.82 Å². The van der Waals surface area contributed by atoms with Crippen molar-refractivity contribution < 1.29 is 0 Å². The van der Waals surface area contributed by atoms with Crippen LogP contribution in [0.3, 0.4) is 0 Å². The molecule has 0 aliphatic rings. The smallest absolute Gasteiger partial charge is 0.111 e. The highest BCUT2D eigenvalue weighted by molar-refractivity contribution is 5.75. The predicted octanol–water partition coefficient (Wildman–Crippen LogP) is 3.35. The third-order valence-electron chi connectivity index (χ3n) is 3.19. The summed E-state index contributed by atoms with van der Waals surface area (Å²) in [6.07, 6.45) is 1.04. The summed E-state index contributed by atoms with van der Waals surface area (Å²) in [5.41, 5.74) is 9.55. The first-order chi connectivity index (χ1) is 8.39. The molecule has 0 aliphatic carbocycles. The Morgan fingerprint density at radius 1 is 1.33 bits per heavy atom. The number of fused-ring (bicyclic) bond motifs is 1. The number of nitrogens with two attached hydrogens (primary N) is 1. The standard InChI is InChI=1S/C15H23N3/c1-10-5-6-12-13(7-10)18-14(17-12)11(9-16)8-15(2,3)4/h5-7,11H,8-9,16H2,1-4H3,(H,17,18). The maximum Gasteiger partial charge on any atom is 0.111 e. The number of aromatic amines is 1. The summed E-state index contributed by atoms with van der Waals surface area (Å²) in [7, 11) is 0. The average molecular weight is 245 g/mol. The highest BCUT2D eigenvalue weighted by Crippen LogP contribution is 2.30. The van der Waals surface area contributed by atoms with E-state index in [-0.39, 0.29) is 5.41 Å². The Morgan fingerprint density at radius 2 is 2.06 bits per heavy atom. The molecule has 3 heteroatoms. The first-order valence-electron chi connectivity index (χ1n) is 6.55. The van der Waals surface area contributed by atoms with Gasteiger partial charge in [0.05, 0.1) is 11.0 Å². The lowest BCUT2D eigenvalue weighted by Gasteiger charge is -2.23. The fraction of sp³-hybridized carbons (Fsp3) is 0.533. The van der Waals surface area contributed by atoms with Crippen LogP contribution in [0, 0.1) is 12.3 Å². The van der Waals surface area contributed by atoms with Crippen molar-refractivity contribution in [3.8, 4) is 0 Å². The van der Waals surface area contributed by atoms with Crippen LogP contribution in [0.4, 0.5) is 0 Å². The first kappa shape index (κ1) is 13.1. The Bertz CT molecular complexity index is 534. The van der Waals surface area contributed by atoms with Crippen molar-refractivity contribution in [2.75, 3.05) is 6.54 Å². The number of aryl methyl sites for hydroxylation is 1. The quantitative estimate of drug-likeness (QED) is 0.871. The minimum absolute atomic E-state index is 0.263. The lowest BCUT2D eigenvalue weighted by molar-refractivity contribution is 0.337. The van der Waals surface area contributed by atoms with Crippen LogP contribution in [0.15, 0.2) is 18.2 Å². The summed E-state index contributed by atoms with van der Waals surface area (Å²) < 4.78 is 0. The predicted molar refractivity (Wildman–Crippen MR) is 76.7 cm³/mol. The molecule has 2 rings (SSSR count). The highest BCUT2D eigenvalue weighted by Gasteiger charge is 2.21. The van der Waals surface area contributed by atoms with E-state index in [0.717, 1.165) is 23.3 Å². The SMILES string of the molecule is Cc1ccc2nc(C(CN)CC(C)(C)C)[nH]c2c1. The lowest BCUT2D eigenvalue weighted by atomic mass is 9.84. The summed E-state index contributed by atoms with van der Waals surface area (Å²) in [5.74, 6) is 1.32. The summed E-state index contributed by atoms with van der Waals surface area (Å²) in [6, 6.07) is 6.29. The van der Waals surface area contributed by atoms with Crippen LogP contribution in [0.2, 0.25) is 0 Å². The molecule has 18 heavy (non-hydrogen) atoms. The van der Waals surface area contributed by atoms with E-state index in [9.17, 15) is 0 Å². The van der Waals surface area contributed by atoms with Gasteiger partial charge >= 0.3 is 0 Å². The van der Waals surface area contributed by atoms with Crippen molar-refractivity contribution in [3.05, 3.63) is 29.6 Å². The minimum atomic E-state index is 0.263. The van der Waals surface area contributed by atoms with E-state index < -0.39 is 0 Å². The fourth-order valence-electron chi connectivity index (χ4n) is 2.37. The molecule has 0 radical (unpaired) electrons. The van der Waals surface area contributed by atoms with E-state index in [1.807, 2.05) is 0 Å². The Balaban J connectivity index is 2.34. The highest BCUT2D eigenvalue weighted by atomic mass is 14.9. The largest absolute Gasteiger partial charge is 0.342 e. The molecular formula is C15H23N3. The maximum absolute atomic E-state index is 5.90. The molecule has 98 valence electrons. The molecule has 3 N–H and O–H groups in total. The molecule has 3 nitrogen and oxygen atoms in total. The van der Waals surface area contributed by atoms with Crippen molar-refractivity contribution in [3.63, 3.8) is 0 Å². The molecule has 2 aromatic rings. The van der Waals surface area contributed by atoms with Crippen LogP contribution in [0.25, 0.3) is 11.0 Å². The number of imidazole rings is 1. The number of benzene rings is 1. The Kier molecular flexibility index (Phi) is 3.44. The maximum atomic E-state index is 5.90. The normalized spacial score (nSPS) is 14.1. The molecule has 0 bridgehead atoms. The van der Waals surface area contributed by atoms with Crippen molar-refractivity contribution >= 4 is 11.0 Å². The summed E-state index contributed by atoms with van der Waals surface area (Å²) >= 11 is 0. The van der Waals surface area contributed by atoms with E-state index in [0.29, 0.717) is 12.5 Å². The molecule has 1 heterocycles. The zero-order valence-corrected chi connectivity index (χ0v) is 11.7. The van der Waals surface area contributed by atoms with Crippen LogP contribution in [-0.2, 0) is 0 Å². The second kappa shape index (κ2) is 4.73. The Morgan fingerprint density at radius 3 is 2.67 bits per heavy atom. The van der Waals surface area contributed by atoms with Crippen LogP contribution < -0.4 is 5.73 Å². The third-order valence-corrected chi connectivity index (χ3v) is 3.19. The second-order valence-corrected chi connectivity index (χ2v) is 6.34. The molecule has 1 atom stereocenters. The van der Waals surface area contributed by atoms with Crippen molar-refractivity contribution in [2.24, 2.45) is 11.1 Å². The van der Waals surface area contributed by atoms with Crippen molar-refractivity contribution in [2.45, 2.75) is 40.0 Å². The number of nitrogens with zero attached hydrogens (tertiary/aromatic N) is 1. The molecule has 0 fully saturated rings. The number of H-pyrrole nitrogens is 1. The summed E-state index contributed by atoms with van der Waals surface area (Å²) in [6.45, 7) is 9.44. The molecule has 0 saturated carbocycles.